The second kappa shape index (κ2) is 43.3. The van der Waals surface area contributed by atoms with Gasteiger partial charge in [-0.2, -0.15) is 13.2 Å². The number of para-hydroxylation sites is 1. The number of halogens is 3. The average Bonchev–Trinajstić information content (AvgIpc) is 1.70. The molecule has 0 aliphatic carbocycles. The van der Waals surface area contributed by atoms with Crippen LogP contribution in [0.4, 0.5) is 13.2 Å². The molecule has 3 aliphatic rings. The summed E-state index contributed by atoms with van der Waals surface area (Å²) in [5.41, 5.74) is 18.6. The number of amides is 12. The Hall–Kier alpha value is -11.6. The molecule has 0 unspecified atom stereocenters. The molecule has 10 atom stereocenters. The van der Waals surface area contributed by atoms with E-state index in [1.807, 2.05) is 36.4 Å². The van der Waals surface area contributed by atoms with Crippen LogP contribution in [0.2, 0.25) is 0 Å². The van der Waals surface area contributed by atoms with Gasteiger partial charge in [0.05, 0.1) is 25.0 Å². The molecule has 2 aromatic heterocycles. The van der Waals surface area contributed by atoms with Crippen molar-refractivity contribution in [3.63, 3.8) is 0 Å². The fourth-order valence-corrected chi connectivity index (χ4v) is 14.9. The predicted octanol–water partition coefficient (Wildman–Crippen LogP) is -1.32. The number of nitrogens with two attached hydrogens (primary N) is 3. The Bertz CT molecular complexity index is 4250. The Morgan fingerprint density at radius 1 is 0.664 bits per heavy atom. The number of guanidine groups is 1. The van der Waals surface area contributed by atoms with Crippen LogP contribution in [0.15, 0.2) is 85.5 Å². The maximum absolute atomic E-state index is 15.1. The number of imidazole rings is 1. The fourth-order valence-electron chi connectivity index (χ4n) is 12.8. The van der Waals surface area contributed by atoms with Crippen molar-refractivity contribution in [2.45, 2.75) is 169 Å². The van der Waals surface area contributed by atoms with Gasteiger partial charge in [-0.15, -0.1) is 0 Å². The topological polar surface area (TPSA) is 590 Å². The largest absolute Gasteiger partial charge is 0.490 e. The molecule has 5 aromatic rings. The number of benzene rings is 3. The second-order valence-corrected chi connectivity index (χ2v) is 29.4. The Kier molecular flexibility index (Phi) is 34.0. The molecule has 5 heterocycles. The van der Waals surface area contributed by atoms with Gasteiger partial charge in [-0.25, -0.2) is 14.6 Å². The minimum atomic E-state index is -5.08. The maximum atomic E-state index is 15.1. The number of nitrogens with one attached hydrogen (secondary N) is 13. The standard InChI is InChI=1S/C69H91N19O16S2.C2HF3O2/c70-23-6-5-14-45(61(96)86-51(68(103)104)32-55(71)89)82-65(100)53-16-8-25-87(53)67(102)54-17-9-26-88(54)66(101)52-36-106-105-27-22-56(90)79-47(20-21-58(92)93)62(97)85-50(31-42-34-74-37-78-42)64(99)83-48(29-38-18-19-39-10-1-2-11-40(39)28-38)63(98)81-46(15-7-24-75-69(72)73)60(95)84-49(59(94)77-35-57(91)80-52)30-41-33-76-44-13-4-3-12-43(41)44;3-2(4,5)1(6)7/h1-4,10-13,18-19,28,33-34,37,45-54,76H,5-9,14-17,20-27,29-32,35-36,70H2,(H2,71,89)(H,74,78)(H,77,94)(H,79,90)(H,80,91)(H,81,98)(H,82,100)(H,83,99)(H,84,95)(H,85,97)(H,86,96)(H,92,93)(H,103,104)(H4,72,73,75);(H,6,7)/t45-,46-,47-,48+,49-,50-,51-,52-,53-,54-;/m0./s1. The van der Waals surface area contributed by atoms with Crippen molar-refractivity contribution >= 4 is 138 Å². The molecular formula is C71H92F3N19O18S2. The van der Waals surface area contributed by atoms with Crippen LogP contribution in [-0.2, 0) is 91.2 Å². The number of carbonyl (C=O) groups is 15. The third-order valence-corrected chi connectivity index (χ3v) is 20.8. The molecule has 42 heteroatoms. The SMILES string of the molecule is N=C(N)NCCC[C@@H]1NC(=O)[C@@H](Cc2ccc3ccccc3c2)NC(=O)[C@H](Cc2c[nH]cn2)NC(=O)[C@H](CCC(=O)O)NC(=O)CCSSC[C@@H](C(=O)N2CCC[C@H]2C(=O)N2CCC[C@H]2C(=O)N[C@@H](CCCCN)C(=O)N[C@@H](CC(N)=O)C(=O)O)NC(=O)CNC(=O)[C@H](Cc2c[nH]c3ccccc23)NC1=O.O=C(O)C(F)(F)F. The van der Waals surface area contributed by atoms with Crippen LogP contribution < -0.4 is 70.4 Å². The zero-order chi connectivity index (χ0) is 82.5. The number of H-pyrrole nitrogens is 2. The Labute approximate surface area is 651 Å². The lowest BCUT2D eigenvalue weighted by molar-refractivity contribution is -0.192. The third kappa shape index (κ3) is 27.7. The number of likely N-dealkylation sites (tertiary alicyclic amines) is 2. The summed E-state index contributed by atoms with van der Waals surface area (Å²) in [6.45, 7) is -0.426. The minimum Gasteiger partial charge on any atom is -0.481 e. The summed E-state index contributed by atoms with van der Waals surface area (Å²) >= 11 is 0. The number of carboxylic acid groups (broad SMARTS) is 3. The van der Waals surface area contributed by atoms with E-state index in [4.69, 9.17) is 32.5 Å². The smallest absolute Gasteiger partial charge is 0.481 e. The molecule has 0 radical (unpaired) electrons. The van der Waals surface area contributed by atoms with Gasteiger partial charge in [0, 0.05) is 86.5 Å². The Balaban J connectivity index is 0.00000241. The highest BCUT2D eigenvalue weighted by Gasteiger charge is 2.45. The van der Waals surface area contributed by atoms with Crippen LogP contribution in [0.25, 0.3) is 21.7 Å². The van der Waals surface area contributed by atoms with Gasteiger partial charge < -0.3 is 105 Å². The van der Waals surface area contributed by atoms with Gasteiger partial charge >= 0.3 is 24.1 Å². The van der Waals surface area contributed by atoms with Crippen molar-refractivity contribution in [2.24, 2.45) is 17.2 Å². The number of hydrogen-bond donors (Lipinski definition) is 19. The van der Waals surface area contributed by atoms with E-state index in [-0.39, 0.29) is 107 Å². The number of aromatic nitrogens is 3. The summed E-state index contributed by atoms with van der Waals surface area (Å²) in [5.74, 6) is -16.4. The molecule has 612 valence electrons. The summed E-state index contributed by atoms with van der Waals surface area (Å²) < 4.78 is 31.7. The van der Waals surface area contributed by atoms with Crippen molar-refractivity contribution in [2.75, 3.05) is 44.2 Å². The van der Waals surface area contributed by atoms with E-state index >= 15 is 14.4 Å². The molecule has 113 heavy (non-hydrogen) atoms. The normalized spacial score (nSPS) is 21.3. The van der Waals surface area contributed by atoms with Gasteiger partial charge in [0.25, 0.3) is 0 Å². The van der Waals surface area contributed by atoms with Crippen LogP contribution in [0.5, 0.6) is 0 Å². The summed E-state index contributed by atoms with van der Waals surface area (Å²) in [6, 6.07) is 5.56. The van der Waals surface area contributed by atoms with E-state index in [0.29, 0.717) is 47.7 Å². The lowest BCUT2D eigenvalue weighted by Gasteiger charge is -2.33. The van der Waals surface area contributed by atoms with Crippen LogP contribution >= 0.6 is 21.6 Å². The van der Waals surface area contributed by atoms with Crippen LogP contribution in [0.1, 0.15) is 100 Å². The molecule has 3 saturated heterocycles. The van der Waals surface area contributed by atoms with Gasteiger partial charge in [0.15, 0.2) is 5.96 Å². The minimum absolute atomic E-state index is 0.00548. The van der Waals surface area contributed by atoms with E-state index in [9.17, 15) is 76.1 Å². The number of aromatic amines is 2. The highest BCUT2D eigenvalue weighted by Crippen LogP contribution is 2.29. The van der Waals surface area contributed by atoms with Gasteiger partial charge in [-0.1, -0.05) is 82.3 Å². The van der Waals surface area contributed by atoms with E-state index in [1.165, 1.54) is 22.3 Å². The van der Waals surface area contributed by atoms with Crippen LogP contribution in [0.3, 0.4) is 0 Å². The number of alkyl halides is 3. The summed E-state index contributed by atoms with van der Waals surface area (Å²) in [5, 5.41) is 63.1. The van der Waals surface area contributed by atoms with Crippen LogP contribution in [-0.4, -0.2) is 246 Å². The van der Waals surface area contributed by atoms with Crippen molar-refractivity contribution in [1.82, 2.24) is 77.9 Å². The van der Waals surface area contributed by atoms with E-state index in [1.54, 1.807) is 36.5 Å². The molecule has 37 nitrogen and oxygen atoms in total. The molecule has 0 bridgehead atoms. The number of rotatable bonds is 26. The first-order chi connectivity index (χ1) is 53.8. The number of nitrogens with zero attached hydrogens (tertiary/aromatic N) is 3. The summed E-state index contributed by atoms with van der Waals surface area (Å²) in [6.07, 6.45) is -1.75. The second-order valence-electron chi connectivity index (χ2n) is 26.8. The summed E-state index contributed by atoms with van der Waals surface area (Å²) in [4.78, 5) is 217. The highest BCUT2D eigenvalue weighted by atomic mass is 33.1. The molecule has 12 amide bonds. The lowest BCUT2D eigenvalue weighted by Crippen LogP contribution is -2.60. The molecule has 8 rings (SSSR count). The first-order valence-electron chi connectivity index (χ1n) is 36.2. The van der Waals surface area contributed by atoms with Crippen LogP contribution in [0, 0.1) is 5.41 Å². The molecule has 3 aliphatic heterocycles. The van der Waals surface area contributed by atoms with Gasteiger partial charge in [0.2, 0.25) is 70.9 Å². The van der Waals surface area contributed by atoms with Gasteiger partial charge in [-0.3, -0.25) is 67.7 Å². The fraction of sp³-hybridized carbons (Fsp3) is 0.479. The highest BCUT2D eigenvalue weighted by molar-refractivity contribution is 8.76. The van der Waals surface area contributed by atoms with E-state index in [0.717, 1.165) is 32.4 Å². The van der Waals surface area contributed by atoms with E-state index in [2.05, 4.69) is 68.1 Å². The lowest BCUT2D eigenvalue weighted by atomic mass is 9.99. The average molecular weight is 1620 g/mol. The molecule has 3 fully saturated rings. The molecule has 0 spiro atoms. The van der Waals surface area contributed by atoms with E-state index < -0.39 is 181 Å². The third-order valence-electron chi connectivity index (χ3n) is 18.4. The molecule has 3 aromatic carbocycles. The van der Waals surface area contributed by atoms with Crippen molar-refractivity contribution < 1.29 is 100 Å². The molecule has 0 saturated carbocycles. The number of hydrogen-bond acceptors (Lipinski definition) is 20. The monoisotopic (exact) mass is 1620 g/mol. The zero-order valence-electron chi connectivity index (χ0n) is 61.1. The number of carboxylic acids is 3. The predicted molar refractivity (Wildman–Crippen MR) is 403 cm³/mol. The van der Waals surface area contributed by atoms with Crippen molar-refractivity contribution in [3.05, 3.63) is 102 Å². The number of aliphatic carboxylic acids is 3. The van der Waals surface area contributed by atoms with Crippen molar-refractivity contribution in [3.8, 4) is 0 Å². The molecular weight excluding hydrogens is 1530 g/mol. The Morgan fingerprint density at radius 2 is 1.28 bits per heavy atom. The first kappa shape index (κ1) is 88.7. The first-order valence-corrected chi connectivity index (χ1v) is 38.6. The summed E-state index contributed by atoms with van der Waals surface area (Å²) in [7, 11) is 2.12. The zero-order valence-corrected chi connectivity index (χ0v) is 62.7. The van der Waals surface area contributed by atoms with Gasteiger partial charge in [0.1, 0.15) is 60.4 Å². The quantitative estimate of drug-likeness (QED) is 0.0132. The van der Waals surface area contributed by atoms with Gasteiger partial charge in [-0.05, 0) is 98.7 Å². The number of unbranched alkanes of at least 4 members (excludes halogenated alkanes) is 1. The maximum Gasteiger partial charge on any atom is 0.490 e. The number of primary amides is 1. The Morgan fingerprint density at radius 3 is 1.92 bits per heavy atom. The van der Waals surface area contributed by atoms with Crippen molar-refractivity contribution in [1.29, 1.82) is 5.41 Å². The number of fused-ring (bicyclic) bond motifs is 2. The number of carbonyl (C=O) groups excluding carboxylic acids is 12. The molecule has 22 N–H and O–H groups in total.